The summed E-state index contributed by atoms with van der Waals surface area (Å²) < 4.78 is 42.2. The third kappa shape index (κ3) is 7.40. The molecule has 0 spiro atoms. The van der Waals surface area contributed by atoms with Crippen molar-refractivity contribution in [1.82, 2.24) is 4.90 Å². The Labute approximate surface area is 167 Å². The Kier molecular flexibility index (Phi) is 8.04. The Morgan fingerprint density at radius 1 is 1.14 bits per heavy atom. The molecule has 1 unspecified atom stereocenters. The normalized spacial score (nSPS) is 17.0. The van der Waals surface area contributed by atoms with Crippen molar-refractivity contribution in [1.29, 1.82) is 0 Å². The molecule has 1 atom stereocenters. The number of methoxy groups -OCH3 is 1. The molecule has 1 N–H and O–H groups in total. The largest absolute Gasteiger partial charge is 0.469 e. The summed E-state index contributed by atoms with van der Waals surface area (Å²) in [5.74, 6) is -0.635. The van der Waals surface area contributed by atoms with Gasteiger partial charge in [-0.3, -0.25) is 14.4 Å². The smallest absolute Gasteiger partial charge is 0.416 e. The van der Waals surface area contributed by atoms with Gasteiger partial charge in [0.2, 0.25) is 11.8 Å². The highest BCUT2D eigenvalue weighted by Crippen LogP contribution is 2.30. The standard InChI is InChI=1S/C20H25F3N2O4/c1-29-19(28)11-10-18(27)25-12-2-3-14(13-25)4-9-17(26)24-16-7-5-15(6-8-16)20(21,22)23/h5-8,14H,2-4,9-13H2,1H3,(H,24,26). The number of carbonyl (C=O) groups is 3. The number of alkyl halides is 3. The predicted octanol–water partition coefficient (Wildman–Crippen LogP) is 3.62. The molecule has 0 aromatic heterocycles. The number of nitrogens with one attached hydrogen (secondary N) is 1. The summed E-state index contributed by atoms with van der Waals surface area (Å²) in [6.45, 7) is 1.17. The molecule has 2 amide bonds. The Balaban J connectivity index is 1.76. The van der Waals surface area contributed by atoms with E-state index in [-0.39, 0.29) is 37.0 Å². The van der Waals surface area contributed by atoms with Crippen LogP contribution in [0.5, 0.6) is 0 Å². The third-order valence-corrected chi connectivity index (χ3v) is 4.92. The summed E-state index contributed by atoms with van der Waals surface area (Å²) in [4.78, 5) is 37.2. The molecule has 29 heavy (non-hydrogen) atoms. The van der Waals surface area contributed by atoms with Gasteiger partial charge in [0.1, 0.15) is 0 Å². The fourth-order valence-corrected chi connectivity index (χ4v) is 3.30. The number of esters is 1. The highest BCUT2D eigenvalue weighted by molar-refractivity contribution is 5.90. The highest BCUT2D eigenvalue weighted by Gasteiger charge is 2.30. The monoisotopic (exact) mass is 414 g/mol. The average Bonchev–Trinajstić information content (AvgIpc) is 2.70. The molecule has 0 bridgehead atoms. The molecule has 2 rings (SSSR count). The molecule has 1 aromatic rings. The molecule has 0 saturated carbocycles. The fourth-order valence-electron chi connectivity index (χ4n) is 3.30. The van der Waals surface area contributed by atoms with E-state index in [1.54, 1.807) is 4.90 Å². The van der Waals surface area contributed by atoms with Crippen molar-refractivity contribution in [2.75, 3.05) is 25.5 Å². The lowest BCUT2D eigenvalue weighted by atomic mass is 9.93. The number of nitrogens with zero attached hydrogens (tertiary/aromatic N) is 1. The summed E-state index contributed by atoms with van der Waals surface area (Å²) in [6.07, 6.45) is -1.74. The van der Waals surface area contributed by atoms with Crippen LogP contribution < -0.4 is 5.32 Å². The molecule has 1 fully saturated rings. The number of carbonyl (C=O) groups excluding carboxylic acids is 3. The van der Waals surface area contributed by atoms with Crippen LogP contribution in [0.4, 0.5) is 18.9 Å². The number of anilines is 1. The quantitative estimate of drug-likeness (QED) is 0.692. The molecule has 6 nitrogen and oxygen atoms in total. The van der Waals surface area contributed by atoms with Gasteiger partial charge in [-0.05, 0) is 49.4 Å². The van der Waals surface area contributed by atoms with E-state index in [4.69, 9.17) is 0 Å². The number of halogens is 3. The number of likely N-dealkylation sites (tertiary alicyclic amines) is 1. The first-order valence-electron chi connectivity index (χ1n) is 9.50. The minimum atomic E-state index is -4.41. The lowest BCUT2D eigenvalue weighted by Gasteiger charge is -2.32. The van der Waals surface area contributed by atoms with Crippen LogP contribution >= 0.6 is 0 Å². The number of hydrogen-bond acceptors (Lipinski definition) is 4. The van der Waals surface area contributed by atoms with Crippen LogP contribution in [0.3, 0.4) is 0 Å². The minimum Gasteiger partial charge on any atom is -0.469 e. The number of piperidine rings is 1. The van der Waals surface area contributed by atoms with Gasteiger partial charge in [-0.25, -0.2) is 0 Å². The number of ether oxygens (including phenoxy) is 1. The van der Waals surface area contributed by atoms with E-state index < -0.39 is 17.7 Å². The van der Waals surface area contributed by atoms with Gasteiger partial charge < -0.3 is 15.0 Å². The highest BCUT2D eigenvalue weighted by atomic mass is 19.4. The number of hydrogen-bond donors (Lipinski definition) is 1. The van der Waals surface area contributed by atoms with E-state index in [0.29, 0.717) is 25.2 Å². The van der Waals surface area contributed by atoms with Gasteiger partial charge in [0.05, 0.1) is 19.1 Å². The molecule has 1 aromatic carbocycles. The van der Waals surface area contributed by atoms with E-state index in [0.717, 1.165) is 25.0 Å². The third-order valence-electron chi connectivity index (χ3n) is 4.92. The van der Waals surface area contributed by atoms with Gasteiger partial charge in [0, 0.05) is 31.6 Å². The number of rotatable bonds is 7. The summed E-state index contributed by atoms with van der Waals surface area (Å²) in [6, 6.07) is 4.30. The second-order valence-corrected chi connectivity index (χ2v) is 7.09. The molecular formula is C20H25F3N2O4. The van der Waals surface area contributed by atoms with Gasteiger partial charge in [0.15, 0.2) is 0 Å². The SMILES string of the molecule is COC(=O)CCC(=O)N1CCCC(CCC(=O)Nc2ccc(C(F)(F)F)cc2)C1. The van der Waals surface area contributed by atoms with E-state index in [1.165, 1.54) is 19.2 Å². The van der Waals surface area contributed by atoms with Crippen LogP contribution in [0.15, 0.2) is 24.3 Å². The Morgan fingerprint density at radius 2 is 1.83 bits per heavy atom. The topological polar surface area (TPSA) is 75.7 Å². The van der Waals surface area contributed by atoms with Crippen molar-refractivity contribution in [3.63, 3.8) is 0 Å². The van der Waals surface area contributed by atoms with Gasteiger partial charge in [-0.15, -0.1) is 0 Å². The first-order chi connectivity index (χ1) is 13.7. The van der Waals surface area contributed by atoms with Gasteiger partial charge in [-0.2, -0.15) is 13.2 Å². The zero-order valence-corrected chi connectivity index (χ0v) is 16.3. The number of amides is 2. The van der Waals surface area contributed by atoms with E-state index >= 15 is 0 Å². The van der Waals surface area contributed by atoms with Crippen molar-refractivity contribution in [3.05, 3.63) is 29.8 Å². The lowest BCUT2D eigenvalue weighted by molar-refractivity contribution is -0.144. The minimum absolute atomic E-state index is 0.0477. The van der Waals surface area contributed by atoms with Crippen LogP contribution in [0.25, 0.3) is 0 Å². The molecule has 1 aliphatic heterocycles. The van der Waals surface area contributed by atoms with Crippen LogP contribution in [0, 0.1) is 5.92 Å². The van der Waals surface area contributed by atoms with Crippen LogP contribution in [-0.2, 0) is 25.3 Å². The molecule has 0 aliphatic carbocycles. The Hall–Kier alpha value is -2.58. The van der Waals surface area contributed by atoms with Crippen LogP contribution in [-0.4, -0.2) is 42.9 Å². The summed E-state index contributed by atoms with van der Waals surface area (Å²) >= 11 is 0. The lowest BCUT2D eigenvalue weighted by Crippen LogP contribution is -2.40. The Bertz CT molecular complexity index is 719. The molecule has 1 heterocycles. The number of benzene rings is 1. The molecular weight excluding hydrogens is 389 g/mol. The molecule has 1 saturated heterocycles. The zero-order chi connectivity index (χ0) is 21.4. The maximum atomic E-state index is 12.6. The van der Waals surface area contributed by atoms with Crippen LogP contribution in [0.2, 0.25) is 0 Å². The van der Waals surface area contributed by atoms with E-state index in [9.17, 15) is 27.6 Å². The van der Waals surface area contributed by atoms with Gasteiger partial charge in [-0.1, -0.05) is 0 Å². The summed E-state index contributed by atoms with van der Waals surface area (Å²) in [7, 11) is 1.28. The Morgan fingerprint density at radius 3 is 2.45 bits per heavy atom. The predicted molar refractivity (Wildman–Crippen MR) is 99.9 cm³/mol. The van der Waals surface area contributed by atoms with Crippen molar-refractivity contribution in [3.8, 4) is 0 Å². The van der Waals surface area contributed by atoms with E-state index in [1.807, 2.05) is 0 Å². The second-order valence-electron chi connectivity index (χ2n) is 7.09. The first kappa shape index (κ1) is 22.7. The molecule has 1 aliphatic rings. The summed E-state index contributed by atoms with van der Waals surface area (Å²) in [5.41, 5.74) is -0.457. The first-order valence-corrected chi connectivity index (χ1v) is 9.50. The average molecular weight is 414 g/mol. The van der Waals surface area contributed by atoms with Crippen molar-refractivity contribution >= 4 is 23.5 Å². The molecule has 0 radical (unpaired) electrons. The van der Waals surface area contributed by atoms with Crippen LogP contribution in [0.1, 0.15) is 44.1 Å². The van der Waals surface area contributed by atoms with Gasteiger partial charge in [0.25, 0.3) is 0 Å². The van der Waals surface area contributed by atoms with E-state index in [2.05, 4.69) is 10.1 Å². The summed E-state index contributed by atoms with van der Waals surface area (Å²) in [5, 5.41) is 2.60. The maximum absolute atomic E-state index is 12.6. The van der Waals surface area contributed by atoms with Gasteiger partial charge >= 0.3 is 12.1 Å². The van der Waals surface area contributed by atoms with Crippen molar-refractivity contribution in [2.24, 2.45) is 5.92 Å². The molecule has 9 heteroatoms. The zero-order valence-electron chi connectivity index (χ0n) is 16.3. The van der Waals surface area contributed by atoms with Crippen molar-refractivity contribution < 1.29 is 32.3 Å². The second kappa shape index (κ2) is 10.3. The maximum Gasteiger partial charge on any atom is 0.416 e. The van der Waals surface area contributed by atoms with Crippen molar-refractivity contribution in [2.45, 2.75) is 44.7 Å². The molecule has 160 valence electrons. The fraction of sp³-hybridized carbons (Fsp3) is 0.550.